The van der Waals surface area contributed by atoms with Crippen molar-refractivity contribution in [1.82, 2.24) is 0 Å². The van der Waals surface area contributed by atoms with Crippen LogP contribution < -0.4 is 9.47 Å². The molecule has 6 saturated heterocycles. The average molecular weight is 1590 g/mol. The van der Waals surface area contributed by atoms with Crippen LogP contribution in [0.15, 0.2) is 35.9 Å². The number of esters is 2. The summed E-state index contributed by atoms with van der Waals surface area (Å²) >= 11 is 0. The van der Waals surface area contributed by atoms with Crippen molar-refractivity contribution < 1.29 is 177 Å². The number of aliphatic hydroxyl groups is 17. The lowest BCUT2D eigenvalue weighted by Gasteiger charge is -2.71. The van der Waals surface area contributed by atoms with Crippen molar-refractivity contribution >= 4 is 24.0 Å². The van der Waals surface area contributed by atoms with Crippen LogP contribution in [-0.4, -0.2) is 341 Å². The number of ether oxygens (including phenoxy) is 15. The fraction of sp³-hybridized carbons (Fsp3) is 0.827. The molecule has 5 aliphatic carbocycles. The first kappa shape index (κ1) is 85.9. The third kappa shape index (κ3) is 15.0. The Balaban J connectivity index is 0.842. The van der Waals surface area contributed by atoms with Crippen molar-refractivity contribution in [2.24, 2.45) is 50.2 Å². The lowest BCUT2D eigenvalue weighted by atomic mass is 9.33. The van der Waals surface area contributed by atoms with Gasteiger partial charge in [0.25, 0.3) is 0 Å². The Bertz CT molecular complexity index is 3490. The third-order valence-corrected chi connectivity index (χ3v) is 27.0. The first-order valence-corrected chi connectivity index (χ1v) is 38.0. The predicted molar refractivity (Wildman–Crippen MR) is 370 cm³/mol. The molecule has 36 nitrogen and oxygen atoms in total. The van der Waals surface area contributed by atoms with Gasteiger partial charge >= 0.3 is 17.9 Å². The molecule has 6 heterocycles. The fourth-order valence-electron chi connectivity index (χ4n) is 20.5. The molecule has 36 heteroatoms. The summed E-state index contributed by atoms with van der Waals surface area (Å²) in [5.74, 6) is -4.19. The number of fused-ring (bicyclic) bond motifs is 7. The number of rotatable bonds is 22. The Morgan fingerprint density at radius 1 is 0.568 bits per heavy atom. The van der Waals surface area contributed by atoms with E-state index >= 15 is 4.79 Å². The molecule has 0 radical (unpaired) electrons. The zero-order chi connectivity index (χ0) is 80.9. The number of carbonyl (C=O) groups is 3. The quantitative estimate of drug-likeness (QED) is 0.0229. The lowest BCUT2D eigenvalue weighted by molar-refractivity contribution is -0.388. The van der Waals surface area contributed by atoms with Crippen molar-refractivity contribution in [3.63, 3.8) is 0 Å². The minimum atomic E-state index is -2.31. The minimum Gasteiger partial charge on any atom is -0.493 e. The van der Waals surface area contributed by atoms with E-state index < -0.39 is 285 Å². The minimum absolute atomic E-state index is 0.0230. The van der Waals surface area contributed by atoms with Crippen molar-refractivity contribution in [3.8, 4) is 11.5 Å². The zero-order valence-corrected chi connectivity index (χ0v) is 63.4. The number of aliphatic carboxylic acids is 1. The van der Waals surface area contributed by atoms with Crippen molar-refractivity contribution in [3.05, 3.63) is 41.5 Å². The number of benzene rings is 1. The second kappa shape index (κ2) is 32.8. The van der Waals surface area contributed by atoms with Crippen LogP contribution in [0.2, 0.25) is 0 Å². The van der Waals surface area contributed by atoms with Gasteiger partial charge in [0.15, 0.2) is 55.2 Å². The first-order chi connectivity index (χ1) is 52.3. The van der Waals surface area contributed by atoms with Crippen LogP contribution in [0.5, 0.6) is 11.5 Å². The summed E-state index contributed by atoms with van der Waals surface area (Å²) in [7, 11) is 2.88. The van der Waals surface area contributed by atoms with Crippen LogP contribution in [0.25, 0.3) is 6.08 Å². The molecule has 0 aromatic heterocycles. The highest BCUT2D eigenvalue weighted by Crippen LogP contribution is 2.76. The number of methoxy groups -OCH3 is 2. The van der Waals surface area contributed by atoms with Gasteiger partial charge in [-0.1, -0.05) is 45.4 Å². The smallest absolute Gasteiger partial charge is 0.331 e. The normalized spacial score (nSPS) is 49.1. The van der Waals surface area contributed by atoms with E-state index in [0.29, 0.717) is 42.7 Å². The average Bonchev–Trinajstić information content (AvgIpc) is 0.688. The van der Waals surface area contributed by atoms with Gasteiger partial charge in [0.2, 0.25) is 6.29 Å². The molecule has 0 amide bonds. The van der Waals surface area contributed by atoms with Gasteiger partial charge in [-0.05, 0) is 136 Å². The highest BCUT2D eigenvalue weighted by atomic mass is 16.8. The topological polar surface area (TPSA) is 554 Å². The molecule has 4 saturated carbocycles. The van der Waals surface area contributed by atoms with Gasteiger partial charge in [0.05, 0.1) is 83.0 Å². The molecule has 1 aromatic rings. The first-order valence-electron chi connectivity index (χ1n) is 38.0. The molecule has 12 rings (SSSR count). The van der Waals surface area contributed by atoms with Gasteiger partial charge in [0.1, 0.15) is 109 Å². The maximum Gasteiger partial charge on any atom is 0.331 e. The Kier molecular flexibility index (Phi) is 25.4. The van der Waals surface area contributed by atoms with Gasteiger partial charge in [0, 0.05) is 11.5 Å². The van der Waals surface area contributed by atoms with Crippen molar-refractivity contribution in [2.75, 3.05) is 53.9 Å². The van der Waals surface area contributed by atoms with E-state index in [1.165, 1.54) is 41.1 Å². The van der Waals surface area contributed by atoms with E-state index in [9.17, 15) is 102 Å². The summed E-state index contributed by atoms with van der Waals surface area (Å²) in [5, 5.41) is 201. The largest absolute Gasteiger partial charge is 0.493 e. The molecule has 1 aromatic carbocycles. The molecular weight excluding hydrogens is 1480 g/mol. The number of carbonyl (C=O) groups excluding carboxylic acids is 2. The predicted octanol–water partition coefficient (Wildman–Crippen LogP) is -3.76. The molecule has 11 aliphatic rings. The maximum atomic E-state index is 16.2. The Hall–Kier alpha value is -4.41. The van der Waals surface area contributed by atoms with Gasteiger partial charge < -0.3 is 163 Å². The maximum absolute atomic E-state index is 16.2. The number of hydrogen-bond donors (Lipinski definition) is 18. The molecule has 628 valence electrons. The summed E-state index contributed by atoms with van der Waals surface area (Å²) in [6, 6.07) is 4.83. The third-order valence-electron chi connectivity index (χ3n) is 27.0. The zero-order valence-electron chi connectivity index (χ0n) is 63.4. The van der Waals surface area contributed by atoms with Gasteiger partial charge in [-0.25, -0.2) is 4.79 Å². The van der Waals surface area contributed by atoms with Gasteiger partial charge in [-0.15, -0.1) is 0 Å². The summed E-state index contributed by atoms with van der Waals surface area (Å²) in [4.78, 5) is 44.2. The molecule has 2 unspecified atom stereocenters. The van der Waals surface area contributed by atoms with E-state index in [1.54, 1.807) is 18.2 Å². The highest BCUT2D eigenvalue weighted by Gasteiger charge is 2.74. The number of hydrogen-bond acceptors (Lipinski definition) is 35. The molecule has 37 atom stereocenters. The summed E-state index contributed by atoms with van der Waals surface area (Å²) in [6.45, 7) is 8.07. The van der Waals surface area contributed by atoms with Gasteiger partial charge in [-0.3, -0.25) is 9.59 Å². The fourth-order valence-corrected chi connectivity index (χ4v) is 20.5. The molecule has 18 N–H and O–H groups in total. The monoisotopic (exact) mass is 1590 g/mol. The highest BCUT2D eigenvalue weighted by molar-refractivity contribution is 5.87. The summed E-state index contributed by atoms with van der Waals surface area (Å²) in [5.41, 5.74) is -7.68. The van der Waals surface area contributed by atoms with E-state index in [-0.39, 0.29) is 32.1 Å². The molecule has 10 fully saturated rings. The molecule has 6 aliphatic heterocycles. The van der Waals surface area contributed by atoms with Crippen LogP contribution in [-0.2, 0) is 76.0 Å². The second-order valence-corrected chi connectivity index (χ2v) is 33.8. The van der Waals surface area contributed by atoms with Crippen molar-refractivity contribution in [1.29, 1.82) is 0 Å². The number of allylic oxidation sites excluding steroid dienone is 1. The van der Waals surface area contributed by atoms with Crippen LogP contribution in [0, 0.1) is 50.2 Å². The lowest BCUT2D eigenvalue weighted by Crippen LogP contribution is -2.71. The summed E-state index contributed by atoms with van der Waals surface area (Å²) in [6.07, 6.45) is -43.1. The number of carboxylic acids is 1. The van der Waals surface area contributed by atoms with E-state index in [0.717, 1.165) is 11.6 Å². The number of aliphatic hydroxyl groups excluding tert-OH is 16. The molecule has 0 spiro atoms. The Morgan fingerprint density at radius 3 is 1.77 bits per heavy atom. The second-order valence-electron chi connectivity index (χ2n) is 33.8. The Labute approximate surface area is 640 Å². The molecular formula is C75H112O36. The van der Waals surface area contributed by atoms with E-state index in [4.69, 9.17) is 71.1 Å². The van der Waals surface area contributed by atoms with Crippen LogP contribution in [0.3, 0.4) is 0 Å². The van der Waals surface area contributed by atoms with E-state index in [2.05, 4.69) is 20.8 Å². The van der Waals surface area contributed by atoms with Gasteiger partial charge in [-0.2, -0.15) is 0 Å². The van der Waals surface area contributed by atoms with E-state index in [1.807, 2.05) is 13.0 Å². The number of carboxylic acid groups (broad SMARTS) is 1. The van der Waals surface area contributed by atoms with Crippen LogP contribution in [0.4, 0.5) is 0 Å². The Morgan fingerprint density at radius 2 is 1.16 bits per heavy atom. The summed E-state index contributed by atoms with van der Waals surface area (Å²) < 4.78 is 89.9. The SMILES string of the molecule is COc1ccc(/C=C/C(=O)O[C@@H]2[C@H](O)[C@@H](O[C@@H]3O[C@@H](C)[C@H](O[C@@H]4OC[C@@H](O[C@@H]5O[C@H](CO)[C@H](O)[C@H](O)[C@H]5O)[C@H](O)[C@H]4O)[C@@H](O[C@@H]4OC[C@](O)(CO)[C@H]4O)[C@H]3O)[C@H](OC(=O)[C@]34CCC(C)(C)C[C@H]3C3=CCC5[C@@]6(C)C[C@H](O)[C@H](O[C@@H]7O[C@H](CO)[C@@H](O)[C@H](O)[C@H]7O)[C@@](C)(C(=O)O)C6CC[C@@]5(C)[C@]3(CO)CC4)O[C@@H]2C)cc1OC. The van der Waals surface area contributed by atoms with Crippen LogP contribution >= 0.6 is 0 Å². The molecule has 111 heavy (non-hydrogen) atoms. The molecule has 0 bridgehead atoms. The van der Waals surface area contributed by atoms with Crippen LogP contribution in [0.1, 0.15) is 112 Å². The van der Waals surface area contributed by atoms with Crippen molar-refractivity contribution in [2.45, 2.75) is 284 Å². The standard InChI is InChI=1S/C75H112O36/c1-31-55(106-44(81)15-11-33-10-13-37(97-8)38(22-33)98-9)53(90)58(109-64-54(91)57(108-66-59(92)75(96,29-79)30-100-66)56(32(2)101-64)107-61-50(87)47(84)41(27-99-61)105-62-51(88)48(85)45(82)39(25-76)103-62)65(102-31)111-68(95)73-19-18-69(3,4)23-35(73)34-12-14-42-70(5)24-36(80)60(110-63-52(89)49(86)46(83)40(26-77)104-63)72(7,67(93)94)43(70)16-17-71(42,6)74(34,28-78)21-20-73/h10-13,15,22,31-32,35-36,39-43,45-66,76-80,82-92,96H,14,16-21,23-30H2,1-9H3,(H,93,94)/b15-11+/t31-,32+,35+,36+,39-,40-,41-,42?,43?,45+,46-,47+,48+,49+,50-,51-,52-,53+,54-,55+,56+,57+,58-,59+,60+,61+,62+,63+,64+,65+,66+,70-,71-,72+,73+,74+,75-/m1/s1.